The van der Waals surface area contributed by atoms with Crippen molar-refractivity contribution in [3.63, 3.8) is 0 Å². The minimum Gasteiger partial charge on any atom is -0.139 e. The molecule has 2 rings (SSSR count). The van der Waals surface area contributed by atoms with Crippen molar-refractivity contribution < 1.29 is 0 Å². The van der Waals surface area contributed by atoms with Gasteiger partial charge in [0.1, 0.15) is 0 Å². The molecule has 1 aromatic carbocycles. The molecule has 0 bridgehead atoms. The van der Waals surface area contributed by atoms with Crippen molar-refractivity contribution in [2.45, 2.75) is 52.4 Å². The molecule has 0 fully saturated rings. The summed E-state index contributed by atoms with van der Waals surface area (Å²) in [6.07, 6.45) is 0. The number of rotatable bonds is 0. The average molecular weight is 246 g/mol. The first-order valence-electron chi connectivity index (χ1n) is 6.23. The second kappa shape index (κ2) is 3.84. The van der Waals surface area contributed by atoms with Gasteiger partial charge < -0.3 is 0 Å². The Balaban J connectivity index is 2.70. The summed E-state index contributed by atoms with van der Waals surface area (Å²) in [5.74, 6) is 0. The molecule has 0 spiro atoms. The predicted octanol–water partition coefficient (Wildman–Crippen LogP) is 5.50. The van der Waals surface area contributed by atoms with Gasteiger partial charge in [0.25, 0.3) is 0 Å². The molecular weight excluding hydrogens is 224 g/mol. The second-order valence-electron chi connectivity index (χ2n) is 6.83. The lowest BCUT2D eigenvalue weighted by atomic mass is 9.86. The van der Waals surface area contributed by atoms with Crippen LogP contribution in [-0.4, -0.2) is 0 Å². The first-order chi connectivity index (χ1) is 7.69. The molecular formula is C16H22S. The van der Waals surface area contributed by atoms with Crippen LogP contribution in [0.2, 0.25) is 0 Å². The molecule has 0 unspecified atom stereocenters. The first kappa shape index (κ1) is 12.6. The Morgan fingerprint density at radius 1 is 0.882 bits per heavy atom. The molecule has 1 aromatic heterocycles. The summed E-state index contributed by atoms with van der Waals surface area (Å²) >= 11 is 1.96. The van der Waals surface area contributed by atoms with E-state index in [0.29, 0.717) is 0 Å². The minimum atomic E-state index is 0.222. The maximum atomic E-state index is 2.36. The summed E-state index contributed by atoms with van der Waals surface area (Å²) in [5.41, 5.74) is 1.94. The summed E-state index contributed by atoms with van der Waals surface area (Å²) < 4.78 is 1.46. The molecule has 17 heavy (non-hydrogen) atoms. The smallest absolute Gasteiger partial charge is 0.0383 e. The number of hydrogen-bond acceptors (Lipinski definition) is 1. The fourth-order valence-corrected chi connectivity index (χ4v) is 3.46. The van der Waals surface area contributed by atoms with E-state index in [2.05, 4.69) is 65.8 Å². The highest BCUT2D eigenvalue weighted by Crippen LogP contribution is 2.39. The Kier molecular flexibility index (Phi) is 2.86. The summed E-state index contributed by atoms with van der Waals surface area (Å²) in [7, 11) is 0. The maximum Gasteiger partial charge on any atom is 0.0383 e. The molecule has 0 saturated carbocycles. The Morgan fingerprint density at radius 2 is 1.53 bits per heavy atom. The Labute approximate surface area is 109 Å². The maximum absolute atomic E-state index is 2.36. The summed E-state index contributed by atoms with van der Waals surface area (Å²) in [4.78, 5) is 1.48. The average Bonchev–Trinajstić information content (AvgIpc) is 2.57. The van der Waals surface area contributed by atoms with E-state index in [0.717, 1.165) is 0 Å². The molecule has 0 amide bonds. The molecule has 1 heterocycles. The topological polar surface area (TPSA) is 0 Å². The van der Waals surface area contributed by atoms with E-state index >= 15 is 0 Å². The lowest BCUT2D eigenvalue weighted by Gasteiger charge is -2.20. The first-order valence-corrected chi connectivity index (χ1v) is 7.05. The van der Waals surface area contributed by atoms with Gasteiger partial charge in [-0.15, -0.1) is 11.3 Å². The van der Waals surface area contributed by atoms with Crippen LogP contribution in [0.5, 0.6) is 0 Å². The van der Waals surface area contributed by atoms with Crippen LogP contribution < -0.4 is 0 Å². The minimum absolute atomic E-state index is 0.222. The zero-order chi connectivity index (χ0) is 12.8. The van der Waals surface area contributed by atoms with Crippen molar-refractivity contribution in [3.8, 4) is 0 Å². The van der Waals surface area contributed by atoms with Gasteiger partial charge in [-0.2, -0.15) is 0 Å². The Morgan fingerprint density at radius 3 is 2.06 bits per heavy atom. The van der Waals surface area contributed by atoms with Crippen molar-refractivity contribution in [2.24, 2.45) is 0 Å². The fourth-order valence-electron chi connectivity index (χ4n) is 2.02. The number of benzene rings is 1. The van der Waals surface area contributed by atoms with Crippen LogP contribution in [0.1, 0.15) is 52.0 Å². The molecule has 0 aliphatic carbocycles. The molecule has 0 aliphatic rings. The lowest BCUT2D eigenvalue weighted by Crippen LogP contribution is -2.10. The van der Waals surface area contributed by atoms with Crippen molar-refractivity contribution >= 4 is 21.4 Å². The molecule has 0 aliphatic heterocycles. The van der Waals surface area contributed by atoms with Gasteiger partial charge in [0.15, 0.2) is 0 Å². The molecule has 0 saturated heterocycles. The van der Waals surface area contributed by atoms with Gasteiger partial charge >= 0.3 is 0 Å². The van der Waals surface area contributed by atoms with Crippen molar-refractivity contribution in [1.82, 2.24) is 0 Å². The van der Waals surface area contributed by atoms with Crippen LogP contribution in [0.25, 0.3) is 10.1 Å². The lowest BCUT2D eigenvalue weighted by molar-refractivity contribution is 0.596. The van der Waals surface area contributed by atoms with E-state index in [-0.39, 0.29) is 10.8 Å². The highest BCUT2D eigenvalue weighted by molar-refractivity contribution is 7.19. The highest BCUT2D eigenvalue weighted by atomic mass is 32.1. The van der Waals surface area contributed by atoms with E-state index in [9.17, 15) is 0 Å². The largest absolute Gasteiger partial charge is 0.139 e. The zero-order valence-corrected chi connectivity index (χ0v) is 12.5. The van der Waals surface area contributed by atoms with Gasteiger partial charge in [-0.25, -0.2) is 0 Å². The van der Waals surface area contributed by atoms with E-state index in [1.165, 1.54) is 20.5 Å². The number of hydrogen-bond donors (Lipinski definition) is 0. The van der Waals surface area contributed by atoms with E-state index < -0.39 is 0 Å². The van der Waals surface area contributed by atoms with Gasteiger partial charge in [0.05, 0.1) is 0 Å². The molecule has 0 nitrogen and oxygen atoms in total. The van der Waals surface area contributed by atoms with Crippen molar-refractivity contribution in [3.05, 3.63) is 34.7 Å². The third-order valence-corrected chi connectivity index (χ3v) is 4.70. The molecule has 92 valence electrons. The highest BCUT2D eigenvalue weighted by Gasteiger charge is 2.21. The Bertz CT molecular complexity index is 533. The van der Waals surface area contributed by atoms with Gasteiger partial charge in [-0.1, -0.05) is 59.7 Å². The molecule has 1 heteroatoms. The summed E-state index contributed by atoms with van der Waals surface area (Å²) in [5, 5.41) is 1.40. The van der Waals surface area contributed by atoms with Crippen LogP contribution in [-0.2, 0) is 10.8 Å². The molecule has 2 aromatic rings. The van der Waals surface area contributed by atoms with E-state index in [1.54, 1.807) is 0 Å². The van der Waals surface area contributed by atoms with Crippen LogP contribution in [0.15, 0.2) is 24.3 Å². The van der Waals surface area contributed by atoms with Gasteiger partial charge in [-0.3, -0.25) is 0 Å². The molecule has 0 atom stereocenters. The normalized spacial score (nSPS) is 13.3. The fraction of sp³-hybridized carbons (Fsp3) is 0.500. The van der Waals surface area contributed by atoms with E-state index in [4.69, 9.17) is 0 Å². The zero-order valence-electron chi connectivity index (χ0n) is 11.7. The van der Waals surface area contributed by atoms with Gasteiger partial charge in [0.2, 0.25) is 0 Å². The van der Waals surface area contributed by atoms with Gasteiger partial charge in [0, 0.05) is 9.58 Å². The van der Waals surface area contributed by atoms with Crippen LogP contribution >= 0.6 is 11.3 Å². The second-order valence-corrected chi connectivity index (χ2v) is 7.89. The van der Waals surface area contributed by atoms with Gasteiger partial charge in [-0.05, 0) is 27.8 Å². The van der Waals surface area contributed by atoms with Crippen molar-refractivity contribution in [2.75, 3.05) is 0 Å². The third kappa shape index (κ3) is 2.40. The summed E-state index contributed by atoms with van der Waals surface area (Å²) in [6, 6.07) is 9.04. The van der Waals surface area contributed by atoms with E-state index in [1.807, 2.05) is 11.3 Å². The monoisotopic (exact) mass is 246 g/mol. The standard InChI is InChI=1S/C16H22S/c1-15(2,3)12-9-7-8-11-10-13(16(4,5)6)17-14(11)12/h7-10H,1-6H3. The van der Waals surface area contributed by atoms with Crippen LogP contribution in [0.3, 0.4) is 0 Å². The SMILES string of the molecule is CC(C)(C)c1cc2cccc(C(C)(C)C)c2s1. The van der Waals surface area contributed by atoms with Crippen LogP contribution in [0, 0.1) is 0 Å². The predicted molar refractivity (Wildman–Crippen MR) is 79.2 cm³/mol. The van der Waals surface area contributed by atoms with Crippen LogP contribution in [0.4, 0.5) is 0 Å². The Hall–Kier alpha value is -0.820. The molecule has 0 radical (unpaired) electrons. The molecule has 0 N–H and O–H groups in total. The number of fused-ring (bicyclic) bond motifs is 1. The third-order valence-electron chi connectivity index (χ3n) is 3.09. The van der Waals surface area contributed by atoms with Crippen molar-refractivity contribution in [1.29, 1.82) is 0 Å². The number of thiophene rings is 1. The summed E-state index contributed by atoms with van der Waals surface area (Å²) in [6.45, 7) is 13.7. The quantitative estimate of drug-likeness (QED) is 0.576.